The topological polar surface area (TPSA) is 147 Å². The first-order valence-corrected chi connectivity index (χ1v) is 15.2. The molecule has 2 aromatic carbocycles. The standard InChI is InChI=1S/C23H22O6.C13H14O5/c1-11(2)16-8-14-15(28-16)6-5-12-22(24)21-13-7-18(25-3)19(26-4)9-17(13)27-10-20(21)29-23(12)14;1-5-7(3)18-4-8-9(5)6(2)11(14)10(12(8)15)13(16)17/h5-7,9,16,20-21H,1,8,10H2,2-4H3;4-5,7,15H,1-3H3,(H,16,17)/t16-,20-,21+;5-,7-/m11/s1. The number of benzene rings is 2. The minimum absolute atomic E-state index is 0.0228. The van der Waals surface area contributed by atoms with E-state index in [4.69, 9.17) is 33.5 Å². The molecule has 5 aliphatic rings. The predicted octanol–water partition coefficient (Wildman–Crippen LogP) is 5.42. The molecule has 0 saturated carbocycles. The average Bonchev–Trinajstić information content (AvgIpc) is 3.50. The van der Waals surface area contributed by atoms with E-state index in [1.165, 1.54) is 6.26 Å². The smallest absolute Gasteiger partial charge is 0.343 e. The maximum Gasteiger partial charge on any atom is 0.343 e. The second kappa shape index (κ2) is 11.9. The molecule has 0 bridgehead atoms. The third-order valence-electron chi connectivity index (χ3n) is 9.40. The fourth-order valence-corrected chi connectivity index (χ4v) is 6.65. The summed E-state index contributed by atoms with van der Waals surface area (Å²) in [5.41, 5.74) is 3.96. The number of allylic oxidation sites excluding steroid dienone is 2. The van der Waals surface area contributed by atoms with Gasteiger partial charge in [0.1, 0.15) is 53.5 Å². The predicted molar refractivity (Wildman–Crippen MR) is 169 cm³/mol. The largest absolute Gasteiger partial charge is 0.506 e. The number of ketones is 2. The van der Waals surface area contributed by atoms with Crippen molar-refractivity contribution in [2.45, 2.75) is 58.3 Å². The number of carbonyl (C=O) groups is 3. The summed E-state index contributed by atoms with van der Waals surface area (Å²) >= 11 is 0. The van der Waals surface area contributed by atoms with Crippen molar-refractivity contribution in [2.24, 2.45) is 5.92 Å². The van der Waals surface area contributed by atoms with Crippen molar-refractivity contribution in [2.75, 3.05) is 20.8 Å². The summed E-state index contributed by atoms with van der Waals surface area (Å²) in [7, 11) is 3.14. The molecule has 0 saturated heterocycles. The quantitative estimate of drug-likeness (QED) is 0.325. The van der Waals surface area contributed by atoms with Crippen LogP contribution in [0.4, 0.5) is 0 Å². The number of carboxylic acid groups (broad SMARTS) is 1. The van der Waals surface area contributed by atoms with Crippen LogP contribution in [0.1, 0.15) is 55.1 Å². The average molecular weight is 645 g/mol. The molecule has 2 aromatic rings. The molecule has 5 atom stereocenters. The van der Waals surface area contributed by atoms with Crippen LogP contribution in [-0.4, -0.2) is 66.9 Å². The third-order valence-corrected chi connectivity index (χ3v) is 9.40. The summed E-state index contributed by atoms with van der Waals surface area (Å²) in [6, 6.07) is 7.23. The van der Waals surface area contributed by atoms with Gasteiger partial charge in [-0.3, -0.25) is 9.59 Å². The Morgan fingerprint density at radius 1 is 1.04 bits per heavy atom. The van der Waals surface area contributed by atoms with Crippen molar-refractivity contribution in [3.63, 3.8) is 0 Å². The molecule has 0 unspecified atom stereocenters. The van der Waals surface area contributed by atoms with Gasteiger partial charge in [0.15, 0.2) is 23.1 Å². The van der Waals surface area contributed by atoms with Crippen LogP contribution >= 0.6 is 0 Å². The summed E-state index contributed by atoms with van der Waals surface area (Å²) in [6.45, 7) is 11.5. The van der Waals surface area contributed by atoms with Crippen molar-refractivity contribution < 1.29 is 53.0 Å². The van der Waals surface area contributed by atoms with Gasteiger partial charge in [0, 0.05) is 35.1 Å². The van der Waals surface area contributed by atoms with Crippen molar-refractivity contribution >= 4 is 17.5 Å². The lowest BCUT2D eigenvalue weighted by atomic mass is 9.78. The molecule has 0 fully saturated rings. The second-order valence-corrected chi connectivity index (χ2v) is 12.2. The number of rotatable bonds is 4. The zero-order chi connectivity index (χ0) is 33.9. The molecule has 47 heavy (non-hydrogen) atoms. The van der Waals surface area contributed by atoms with Crippen LogP contribution in [0.5, 0.6) is 28.7 Å². The van der Waals surface area contributed by atoms with Crippen molar-refractivity contribution in [1.82, 2.24) is 0 Å². The van der Waals surface area contributed by atoms with Crippen molar-refractivity contribution in [1.29, 1.82) is 0 Å². The molecule has 4 heterocycles. The summed E-state index contributed by atoms with van der Waals surface area (Å²) in [5, 5.41) is 18.9. The van der Waals surface area contributed by atoms with Crippen LogP contribution < -0.4 is 23.7 Å². The molecule has 11 nitrogen and oxygen atoms in total. The number of aliphatic hydroxyl groups excluding tert-OH is 1. The van der Waals surface area contributed by atoms with Gasteiger partial charge in [-0.2, -0.15) is 0 Å². The number of carboxylic acids is 1. The Labute approximate surface area is 271 Å². The van der Waals surface area contributed by atoms with Crippen molar-refractivity contribution in [3.8, 4) is 28.7 Å². The zero-order valence-corrected chi connectivity index (χ0v) is 27.0. The van der Waals surface area contributed by atoms with E-state index >= 15 is 0 Å². The van der Waals surface area contributed by atoms with E-state index in [1.54, 1.807) is 33.3 Å². The zero-order valence-electron chi connectivity index (χ0n) is 27.0. The van der Waals surface area contributed by atoms with Crippen molar-refractivity contribution in [3.05, 3.63) is 87.4 Å². The second-order valence-electron chi connectivity index (χ2n) is 12.2. The normalized spacial score (nSPS) is 25.1. The fourth-order valence-electron chi connectivity index (χ4n) is 6.65. The molecule has 0 radical (unpaired) electrons. The summed E-state index contributed by atoms with van der Waals surface area (Å²) < 4.78 is 34.4. The Balaban J connectivity index is 0.000000185. The number of aliphatic carboxylic acids is 1. The highest BCUT2D eigenvalue weighted by Crippen LogP contribution is 2.50. The molecule has 246 valence electrons. The molecular weight excluding hydrogens is 608 g/mol. The Bertz CT molecular complexity index is 1830. The molecule has 0 spiro atoms. The maximum absolute atomic E-state index is 13.5. The number of Topliss-reactive ketones (excluding diaryl/α,β-unsaturated/α-hetero) is 2. The number of fused-ring (bicyclic) bond motifs is 7. The summed E-state index contributed by atoms with van der Waals surface area (Å²) in [4.78, 5) is 36.5. The Hall–Kier alpha value is -5.19. The van der Waals surface area contributed by atoms with Gasteiger partial charge in [-0.05, 0) is 50.1 Å². The van der Waals surface area contributed by atoms with E-state index in [-0.39, 0.29) is 30.5 Å². The SMILES string of the molecule is C=C(C)[C@H]1Cc2c(ccc3c2O[C@@H]2COc4cc(OC)c(OC)cc4[C@@H]2C3=O)O1.CC1=C2C(=CO[C@H](C)[C@H]2C)C(O)=C(C(=O)O)C1=O. The molecule has 1 aliphatic carbocycles. The Morgan fingerprint density at radius 2 is 1.74 bits per heavy atom. The highest BCUT2D eigenvalue weighted by atomic mass is 16.5. The number of carbonyl (C=O) groups excluding carboxylic acids is 2. The number of methoxy groups -OCH3 is 2. The molecule has 0 aromatic heterocycles. The molecule has 7 rings (SSSR count). The van der Waals surface area contributed by atoms with Crippen LogP contribution in [-0.2, 0) is 20.7 Å². The number of ether oxygens (including phenoxy) is 6. The van der Waals surface area contributed by atoms with E-state index < -0.39 is 35.1 Å². The summed E-state index contributed by atoms with van der Waals surface area (Å²) in [6.07, 6.45) is 1.37. The Kier molecular flexibility index (Phi) is 8.03. The number of hydrogen-bond acceptors (Lipinski definition) is 10. The first-order chi connectivity index (χ1) is 22.4. The third kappa shape index (κ3) is 5.10. The molecular formula is C36H36O11. The lowest BCUT2D eigenvalue weighted by molar-refractivity contribution is -0.134. The van der Waals surface area contributed by atoms with Gasteiger partial charge in [-0.15, -0.1) is 0 Å². The van der Waals surface area contributed by atoms with Gasteiger partial charge >= 0.3 is 5.97 Å². The van der Waals surface area contributed by atoms with Gasteiger partial charge < -0.3 is 38.6 Å². The minimum Gasteiger partial charge on any atom is -0.506 e. The van der Waals surface area contributed by atoms with Crippen LogP contribution in [0.3, 0.4) is 0 Å². The monoisotopic (exact) mass is 644 g/mol. The highest BCUT2D eigenvalue weighted by molar-refractivity contribution is 6.25. The first-order valence-electron chi connectivity index (χ1n) is 15.2. The highest BCUT2D eigenvalue weighted by Gasteiger charge is 2.46. The molecule has 11 heteroatoms. The minimum atomic E-state index is -1.43. The maximum atomic E-state index is 13.5. The van der Waals surface area contributed by atoms with Crippen LogP contribution in [0, 0.1) is 5.92 Å². The van der Waals surface area contributed by atoms with Gasteiger partial charge in [-0.1, -0.05) is 13.5 Å². The molecule has 0 amide bonds. The number of hydrogen-bond donors (Lipinski definition) is 2. The Morgan fingerprint density at radius 3 is 2.40 bits per heavy atom. The van der Waals surface area contributed by atoms with Gasteiger partial charge in [0.05, 0.1) is 37.5 Å². The van der Waals surface area contributed by atoms with Crippen LogP contribution in [0.25, 0.3) is 0 Å². The lowest BCUT2D eigenvalue weighted by Crippen LogP contribution is -2.43. The van der Waals surface area contributed by atoms with Crippen LogP contribution in [0.2, 0.25) is 0 Å². The first kappa shape index (κ1) is 31.8. The molecule has 4 aliphatic heterocycles. The van der Waals surface area contributed by atoms with Gasteiger partial charge in [0.2, 0.25) is 0 Å². The van der Waals surface area contributed by atoms with E-state index in [0.29, 0.717) is 51.7 Å². The van der Waals surface area contributed by atoms with Crippen LogP contribution in [0.15, 0.2) is 70.7 Å². The van der Waals surface area contributed by atoms with E-state index in [2.05, 4.69) is 6.58 Å². The van der Waals surface area contributed by atoms with E-state index in [9.17, 15) is 19.5 Å². The van der Waals surface area contributed by atoms with Gasteiger partial charge in [-0.25, -0.2) is 4.79 Å². The van der Waals surface area contributed by atoms with E-state index in [1.807, 2.05) is 32.9 Å². The fraction of sp³-hybridized carbons (Fsp3) is 0.361. The molecule has 2 N–H and O–H groups in total. The van der Waals surface area contributed by atoms with Gasteiger partial charge in [0.25, 0.3) is 0 Å². The van der Waals surface area contributed by atoms with E-state index in [0.717, 1.165) is 22.4 Å². The number of aliphatic hydroxyl groups is 1. The summed E-state index contributed by atoms with van der Waals surface area (Å²) in [5.74, 6) is 0.0379. The lowest BCUT2D eigenvalue weighted by Gasteiger charge is -2.37.